The summed E-state index contributed by atoms with van der Waals surface area (Å²) in [4.78, 5) is 9.68. The second kappa shape index (κ2) is 10.4. The monoisotopic (exact) mass is 469 g/mol. The first kappa shape index (κ1) is 22.0. The predicted molar refractivity (Wildman–Crippen MR) is 122 cm³/mol. The number of hydrogen-bond donors (Lipinski definition) is 0. The third kappa shape index (κ3) is 4.75. The maximum atomic E-state index is 5.08. The third-order valence-corrected chi connectivity index (χ3v) is 5.22. The first-order valence-electron chi connectivity index (χ1n) is 9.79. The van der Waals surface area contributed by atoms with Gasteiger partial charge in [-0.3, -0.25) is 4.98 Å². The molecule has 0 bridgehead atoms. The molecule has 2 nitrogen and oxygen atoms in total. The Morgan fingerprint density at radius 1 is 0.793 bits per heavy atom. The molecule has 4 rings (SSSR count). The number of halogens is 2. The molecule has 4 aromatic rings. The zero-order valence-electron chi connectivity index (χ0n) is 16.8. The van der Waals surface area contributed by atoms with Crippen LogP contribution in [-0.4, -0.2) is 9.97 Å². The summed E-state index contributed by atoms with van der Waals surface area (Å²) in [5.41, 5.74) is 8.53. The minimum atomic E-state index is 0.382. The van der Waals surface area contributed by atoms with E-state index in [1.54, 1.807) is 0 Å². The molecule has 0 atom stereocenters. The number of benzene rings is 2. The molecule has 0 saturated carbocycles. The normalized spacial score (nSPS) is 10.9. The van der Waals surface area contributed by atoms with E-state index in [2.05, 4.69) is 68.2 Å². The zero-order chi connectivity index (χ0) is 20.8. The maximum absolute atomic E-state index is 5.08. The molecule has 0 unspecified atom stereocenters. The number of aryl methyl sites for hydroxylation is 3. The van der Waals surface area contributed by atoms with Crippen molar-refractivity contribution >= 4 is 42.1 Å². The van der Waals surface area contributed by atoms with Crippen molar-refractivity contribution in [1.82, 2.24) is 9.97 Å². The van der Waals surface area contributed by atoms with Gasteiger partial charge in [-0.05, 0) is 48.1 Å². The molecule has 29 heavy (non-hydrogen) atoms. The van der Waals surface area contributed by atoms with E-state index in [0.29, 0.717) is 12.9 Å². The van der Waals surface area contributed by atoms with Gasteiger partial charge in [0, 0.05) is 22.5 Å². The van der Waals surface area contributed by atoms with Crippen LogP contribution in [0.3, 0.4) is 0 Å². The molecular formula is C24H24Cl2CoN2. The van der Waals surface area contributed by atoms with Gasteiger partial charge in [-0.2, -0.15) is 0 Å². The van der Waals surface area contributed by atoms with Gasteiger partial charge < -0.3 is 0 Å². The molecule has 0 amide bonds. The van der Waals surface area contributed by atoms with Crippen LogP contribution in [0.25, 0.3) is 33.1 Å². The molecule has 0 aliphatic heterocycles. The number of hydrogen-bond acceptors (Lipinski definition) is 2. The molecule has 0 spiro atoms. The molecular weight excluding hydrogens is 446 g/mol. The fourth-order valence-corrected chi connectivity index (χ4v) is 3.79. The van der Waals surface area contributed by atoms with E-state index < -0.39 is 0 Å². The number of aromatic nitrogens is 2. The van der Waals surface area contributed by atoms with E-state index in [9.17, 15) is 0 Å². The Hall–Kier alpha value is -1.65. The van der Waals surface area contributed by atoms with Gasteiger partial charge in [0.25, 0.3) is 0 Å². The first-order valence-corrected chi connectivity index (χ1v) is 12.7. The summed E-state index contributed by atoms with van der Waals surface area (Å²) in [7, 11) is 9.47. The van der Waals surface area contributed by atoms with Gasteiger partial charge in [-0.15, -0.1) is 0 Å². The zero-order valence-corrected chi connectivity index (χ0v) is 19.4. The standard InChI is InChI=1S/C24H24N2.2ClH.Co/c1-4-16-14-17(5-2)22(18(6-3)15-16)21-12-11-20-10-9-19-8-7-13-25-23(19)24(20)26-21;;;/h7-15H,4-6H2,1-3H3;2*1H;/q;;;+2/p-2. The summed E-state index contributed by atoms with van der Waals surface area (Å²) in [6.45, 7) is 6.69. The molecule has 2 aromatic heterocycles. The molecule has 0 radical (unpaired) electrons. The van der Waals surface area contributed by atoms with Crippen LogP contribution in [-0.2, 0) is 32.2 Å². The van der Waals surface area contributed by atoms with Gasteiger partial charge in [0.15, 0.2) is 0 Å². The van der Waals surface area contributed by atoms with Crippen LogP contribution in [0.15, 0.2) is 54.7 Å². The Labute approximate surface area is 187 Å². The Morgan fingerprint density at radius 2 is 1.38 bits per heavy atom. The number of fused-ring (bicyclic) bond motifs is 3. The van der Waals surface area contributed by atoms with Crippen LogP contribution in [0.5, 0.6) is 0 Å². The molecule has 153 valence electrons. The third-order valence-electron chi connectivity index (χ3n) is 5.22. The van der Waals surface area contributed by atoms with Gasteiger partial charge in [0.2, 0.25) is 0 Å². The van der Waals surface area contributed by atoms with Crippen LogP contribution in [0.4, 0.5) is 0 Å². The minimum absolute atomic E-state index is 0.382. The topological polar surface area (TPSA) is 25.8 Å². The molecule has 0 N–H and O–H groups in total. The Kier molecular flexibility index (Phi) is 7.90. The van der Waals surface area contributed by atoms with Gasteiger partial charge in [-0.1, -0.05) is 57.2 Å². The SMILES string of the molecule is CCc1cc(CC)c(-c2ccc3ccc4cccnc4c3n2)c(CC)c1.[Cl][Co][Cl]. The Morgan fingerprint density at radius 3 is 1.97 bits per heavy atom. The van der Waals surface area contributed by atoms with E-state index >= 15 is 0 Å². The second-order valence-corrected chi connectivity index (χ2v) is 8.53. The fraction of sp³-hybridized carbons (Fsp3) is 0.250. The van der Waals surface area contributed by atoms with Crippen molar-refractivity contribution in [3.05, 3.63) is 71.4 Å². The second-order valence-electron chi connectivity index (χ2n) is 6.81. The van der Waals surface area contributed by atoms with Crippen molar-refractivity contribution in [2.24, 2.45) is 0 Å². The van der Waals surface area contributed by atoms with E-state index in [1.165, 1.54) is 22.3 Å². The van der Waals surface area contributed by atoms with Gasteiger partial charge in [0.05, 0.1) is 16.7 Å². The summed E-state index contributed by atoms with van der Waals surface area (Å²) in [6.07, 6.45) is 4.95. The first-order chi connectivity index (χ1) is 14.2. The van der Waals surface area contributed by atoms with E-state index in [-0.39, 0.29) is 0 Å². The van der Waals surface area contributed by atoms with Crippen molar-refractivity contribution in [1.29, 1.82) is 0 Å². The molecule has 0 fully saturated rings. The summed E-state index contributed by atoms with van der Waals surface area (Å²) in [5, 5.41) is 2.28. The molecule has 5 heteroatoms. The number of pyridine rings is 2. The summed E-state index contributed by atoms with van der Waals surface area (Å²) >= 11 is 0.382. The quantitative estimate of drug-likeness (QED) is 0.289. The molecule has 2 aromatic carbocycles. The Balaban J connectivity index is 0.000000755. The average Bonchev–Trinajstić information content (AvgIpc) is 2.78. The van der Waals surface area contributed by atoms with Crippen molar-refractivity contribution in [3.8, 4) is 11.3 Å². The Bertz CT molecular complexity index is 1100. The van der Waals surface area contributed by atoms with Crippen LogP contribution in [0.2, 0.25) is 0 Å². The summed E-state index contributed by atoms with van der Waals surface area (Å²) < 4.78 is 0. The van der Waals surface area contributed by atoms with Crippen LogP contribution in [0.1, 0.15) is 37.5 Å². The predicted octanol–water partition coefficient (Wildman–Crippen LogP) is 7.51. The van der Waals surface area contributed by atoms with Gasteiger partial charge >= 0.3 is 33.2 Å². The van der Waals surface area contributed by atoms with Crippen LogP contribution < -0.4 is 0 Å². The number of nitrogens with zero attached hydrogens (tertiary/aromatic N) is 2. The summed E-state index contributed by atoms with van der Waals surface area (Å²) in [5.74, 6) is 0. The molecule has 0 aliphatic rings. The van der Waals surface area contributed by atoms with Crippen molar-refractivity contribution in [2.45, 2.75) is 40.0 Å². The van der Waals surface area contributed by atoms with Crippen molar-refractivity contribution in [3.63, 3.8) is 0 Å². The van der Waals surface area contributed by atoms with E-state index in [4.69, 9.17) is 25.3 Å². The van der Waals surface area contributed by atoms with Crippen LogP contribution >= 0.6 is 20.3 Å². The van der Waals surface area contributed by atoms with Crippen LogP contribution in [0, 0.1) is 0 Å². The van der Waals surface area contributed by atoms with E-state index in [0.717, 1.165) is 46.8 Å². The summed E-state index contributed by atoms with van der Waals surface area (Å²) in [6, 6.07) is 17.4. The molecule has 0 saturated heterocycles. The van der Waals surface area contributed by atoms with Gasteiger partial charge in [0.1, 0.15) is 0 Å². The fourth-order valence-electron chi connectivity index (χ4n) is 3.79. The van der Waals surface area contributed by atoms with Gasteiger partial charge in [-0.25, -0.2) is 4.98 Å². The molecule has 2 heterocycles. The van der Waals surface area contributed by atoms with Crippen molar-refractivity contribution < 1.29 is 12.9 Å². The number of rotatable bonds is 4. The average molecular weight is 470 g/mol. The molecule has 0 aliphatic carbocycles. The van der Waals surface area contributed by atoms with E-state index in [1.807, 2.05) is 12.3 Å². The van der Waals surface area contributed by atoms with Crippen molar-refractivity contribution in [2.75, 3.05) is 0 Å².